The van der Waals surface area contributed by atoms with Crippen molar-refractivity contribution in [2.75, 3.05) is 7.05 Å². The molecule has 0 aliphatic carbocycles. The molecule has 0 heterocycles. The van der Waals surface area contributed by atoms with E-state index in [-0.39, 0.29) is 0 Å². The molecule has 0 rings (SSSR count). The van der Waals surface area contributed by atoms with Gasteiger partial charge in [0.15, 0.2) is 0 Å². The average Bonchev–Trinajstić information content (AvgIpc) is 1.87. The Morgan fingerprint density at radius 1 is 1.38 bits per heavy atom. The lowest BCUT2D eigenvalue weighted by Gasteiger charge is -2.25. The van der Waals surface area contributed by atoms with Gasteiger partial charge in [0.1, 0.15) is 7.85 Å². The van der Waals surface area contributed by atoms with Gasteiger partial charge in [-0.3, -0.25) is 0 Å². The molecule has 0 aromatic rings. The highest BCUT2D eigenvalue weighted by Crippen LogP contribution is 2.07. The van der Waals surface area contributed by atoms with Crippen molar-refractivity contribution in [1.29, 1.82) is 0 Å². The van der Waals surface area contributed by atoms with Crippen LogP contribution in [0.15, 0.2) is 0 Å². The van der Waals surface area contributed by atoms with E-state index in [1.165, 1.54) is 12.8 Å². The molecule has 1 nitrogen and oxygen atoms in total. The van der Waals surface area contributed by atoms with Crippen LogP contribution < -0.4 is 5.32 Å². The number of hydrogen-bond acceptors (Lipinski definition) is 1. The Morgan fingerprint density at radius 3 is 1.75 bits per heavy atom. The fourth-order valence-corrected chi connectivity index (χ4v) is 0.604. The first-order valence-electron chi connectivity index (χ1n) is 3.37. The third-order valence-electron chi connectivity index (χ3n) is 2.16. The summed E-state index contributed by atoms with van der Waals surface area (Å²) in [6.07, 6.45) is 2.42. The second kappa shape index (κ2) is 3.13. The fourth-order valence-electron chi connectivity index (χ4n) is 0.604. The molecule has 0 fully saturated rings. The zero-order valence-corrected chi connectivity index (χ0v) is 6.41. The Kier molecular flexibility index (Phi) is 3.14. The molecule has 0 radical (unpaired) electrons. The minimum Gasteiger partial charge on any atom is -0.322 e. The molecule has 0 saturated carbocycles. The summed E-state index contributed by atoms with van der Waals surface area (Å²) in [7, 11) is 4.26. The smallest absolute Gasteiger partial charge is 0.127 e. The van der Waals surface area contributed by atoms with Crippen LogP contribution in [0.5, 0.6) is 0 Å². The Bertz CT molecular complexity index is 51.3. The quantitative estimate of drug-likeness (QED) is 0.521. The lowest BCUT2D eigenvalue weighted by atomic mass is 9.74. The zero-order chi connectivity index (χ0) is 6.62. The first-order chi connectivity index (χ1) is 3.68. The molecule has 0 aromatic heterocycles. The maximum atomic E-state index is 3.28. The van der Waals surface area contributed by atoms with Gasteiger partial charge in [-0.1, -0.05) is 13.8 Å². The highest BCUT2D eigenvalue weighted by Gasteiger charge is 2.14. The van der Waals surface area contributed by atoms with Gasteiger partial charge >= 0.3 is 0 Å². The summed E-state index contributed by atoms with van der Waals surface area (Å²) in [5.74, 6) is 0. The van der Waals surface area contributed by atoms with Crippen molar-refractivity contribution in [3.63, 3.8) is 0 Å². The van der Waals surface area contributed by atoms with Crippen molar-refractivity contribution in [3.8, 4) is 0 Å². The molecule has 0 unspecified atom stereocenters. The largest absolute Gasteiger partial charge is 0.322 e. The number of rotatable bonds is 3. The van der Waals surface area contributed by atoms with E-state index in [0.29, 0.717) is 5.44 Å². The highest BCUT2D eigenvalue weighted by atomic mass is 14.9. The number of nitrogens with one attached hydrogen (secondary N) is 1. The van der Waals surface area contributed by atoms with Gasteiger partial charge in [0.25, 0.3) is 0 Å². The van der Waals surface area contributed by atoms with Crippen LogP contribution in [0.4, 0.5) is 0 Å². The van der Waals surface area contributed by atoms with E-state index in [0.717, 1.165) is 0 Å². The first kappa shape index (κ1) is 8.02. The average molecular weight is 113 g/mol. The maximum Gasteiger partial charge on any atom is 0.127 e. The molecule has 0 saturated heterocycles. The normalized spacial score (nSPS) is 11.9. The highest BCUT2D eigenvalue weighted by molar-refractivity contribution is 6.15. The zero-order valence-electron chi connectivity index (χ0n) is 6.41. The van der Waals surface area contributed by atoms with Gasteiger partial charge in [-0.25, -0.2) is 0 Å². The van der Waals surface area contributed by atoms with E-state index in [1.807, 2.05) is 7.05 Å². The molecule has 0 amide bonds. The van der Waals surface area contributed by atoms with Gasteiger partial charge in [-0.05, 0) is 25.3 Å². The second-order valence-corrected chi connectivity index (χ2v) is 2.52. The molecule has 2 heteroatoms. The lowest BCUT2D eigenvalue weighted by Crippen LogP contribution is -2.41. The van der Waals surface area contributed by atoms with Gasteiger partial charge in [0.2, 0.25) is 0 Å². The Morgan fingerprint density at radius 2 is 1.75 bits per heavy atom. The molecular weight excluding hydrogens is 96.9 g/mol. The van der Waals surface area contributed by atoms with Crippen LogP contribution in [0, 0.1) is 0 Å². The maximum absolute atomic E-state index is 3.28. The molecule has 0 atom stereocenters. The summed E-state index contributed by atoms with van der Waals surface area (Å²) in [5, 5.41) is 3.28. The lowest BCUT2D eigenvalue weighted by molar-refractivity contribution is 0.465. The molecule has 0 aliphatic rings. The summed E-state index contributed by atoms with van der Waals surface area (Å²) >= 11 is 0. The van der Waals surface area contributed by atoms with Gasteiger partial charge in [0, 0.05) is 0 Å². The van der Waals surface area contributed by atoms with Crippen LogP contribution in [0.3, 0.4) is 0 Å². The molecule has 0 bridgehead atoms. The standard InChI is InChI=1S/C6H16BN/c1-4-6(7,5-2)8-3/h8H,4-5,7H2,1-3H3. The van der Waals surface area contributed by atoms with Gasteiger partial charge in [0.05, 0.1) is 0 Å². The summed E-state index contributed by atoms with van der Waals surface area (Å²) in [5.41, 5.74) is 0.375. The van der Waals surface area contributed by atoms with Crippen LogP contribution in [0.2, 0.25) is 0 Å². The first-order valence-corrected chi connectivity index (χ1v) is 3.37. The van der Waals surface area contributed by atoms with Gasteiger partial charge in [-0.2, -0.15) is 0 Å². The van der Waals surface area contributed by atoms with Crippen molar-refractivity contribution in [3.05, 3.63) is 0 Å². The van der Waals surface area contributed by atoms with Crippen LogP contribution in [-0.4, -0.2) is 20.3 Å². The second-order valence-electron chi connectivity index (χ2n) is 2.52. The van der Waals surface area contributed by atoms with E-state index in [9.17, 15) is 0 Å². The Balaban J connectivity index is 3.58. The number of hydrogen-bond donors (Lipinski definition) is 1. The third-order valence-corrected chi connectivity index (χ3v) is 2.16. The van der Waals surface area contributed by atoms with Gasteiger partial charge < -0.3 is 5.32 Å². The summed E-state index contributed by atoms with van der Waals surface area (Å²) in [6.45, 7) is 4.42. The molecule has 48 valence electrons. The predicted octanol–water partition coefficient (Wildman–Crippen LogP) is 0.355. The Labute approximate surface area is 53.3 Å². The molecular formula is C6H16BN. The van der Waals surface area contributed by atoms with Gasteiger partial charge in [-0.15, -0.1) is 0 Å². The summed E-state index contributed by atoms with van der Waals surface area (Å²) in [4.78, 5) is 0. The van der Waals surface area contributed by atoms with E-state index >= 15 is 0 Å². The minimum atomic E-state index is 0.375. The van der Waals surface area contributed by atoms with Crippen molar-refractivity contribution in [2.45, 2.75) is 32.1 Å². The van der Waals surface area contributed by atoms with Crippen molar-refractivity contribution in [1.82, 2.24) is 5.32 Å². The van der Waals surface area contributed by atoms with Crippen LogP contribution in [0.25, 0.3) is 0 Å². The predicted molar refractivity (Wildman–Crippen MR) is 40.9 cm³/mol. The topological polar surface area (TPSA) is 12.0 Å². The van der Waals surface area contributed by atoms with Crippen LogP contribution in [-0.2, 0) is 0 Å². The molecule has 0 aromatic carbocycles. The Hall–Kier alpha value is 0.0249. The molecule has 0 aliphatic heterocycles. The SMILES string of the molecule is BC(CC)(CC)NC. The summed E-state index contributed by atoms with van der Waals surface area (Å²) < 4.78 is 0. The van der Waals surface area contributed by atoms with Crippen LogP contribution in [0.1, 0.15) is 26.7 Å². The van der Waals surface area contributed by atoms with E-state index in [4.69, 9.17) is 0 Å². The molecule has 1 N–H and O–H groups in total. The van der Waals surface area contributed by atoms with E-state index in [2.05, 4.69) is 27.0 Å². The van der Waals surface area contributed by atoms with E-state index < -0.39 is 0 Å². The molecule has 0 spiro atoms. The minimum absolute atomic E-state index is 0.375. The molecule has 8 heavy (non-hydrogen) atoms. The monoisotopic (exact) mass is 113 g/mol. The fraction of sp³-hybridized carbons (Fsp3) is 1.00. The van der Waals surface area contributed by atoms with Crippen molar-refractivity contribution in [2.24, 2.45) is 0 Å². The van der Waals surface area contributed by atoms with Crippen molar-refractivity contribution < 1.29 is 0 Å². The summed E-state index contributed by atoms with van der Waals surface area (Å²) in [6, 6.07) is 0. The van der Waals surface area contributed by atoms with E-state index in [1.54, 1.807) is 0 Å². The van der Waals surface area contributed by atoms with Crippen LogP contribution >= 0.6 is 0 Å². The van der Waals surface area contributed by atoms with Crippen molar-refractivity contribution >= 4 is 7.85 Å². The third kappa shape index (κ3) is 1.87.